The smallest absolute Gasteiger partial charge is 0.292 e. The minimum absolute atomic E-state index is 0.159. The second kappa shape index (κ2) is 6.59. The second-order valence-electron chi connectivity index (χ2n) is 6.28. The molecule has 3 aromatic rings. The number of aromatic nitrogens is 1. The normalized spacial score (nSPS) is 14.2. The zero-order chi connectivity index (χ0) is 18.1. The summed E-state index contributed by atoms with van der Waals surface area (Å²) in [5.41, 5.74) is 3.69. The van der Waals surface area contributed by atoms with E-state index in [0.717, 1.165) is 16.8 Å². The molecule has 5 heteroatoms. The standard InChI is InChI=1S/C21H18FN3O/c1-15-9-10-23-14-20(15)25-12-11-24(21(25)26)17-7-8-18(19(22)13-17)16-5-3-2-4-6-16/h2-10,13-14H,11-12H2,1H3. The number of nitrogens with zero attached hydrogens (tertiary/aromatic N) is 3. The fraction of sp³-hybridized carbons (Fsp3) is 0.143. The van der Waals surface area contributed by atoms with Gasteiger partial charge in [-0.25, -0.2) is 9.18 Å². The van der Waals surface area contributed by atoms with Gasteiger partial charge in [0, 0.05) is 30.5 Å². The Morgan fingerprint density at radius 1 is 1.00 bits per heavy atom. The van der Waals surface area contributed by atoms with Gasteiger partial charge in [-0.15, -0.1) is 0 Å². The number of urea groups is 1. The van der Waals surface area contributed by atoms with Crippen molar-refractivity contribution in [3.05, 3.63) is 78.4 Å². The summed E-state index contributed by atoms with van der Waals surface area (Å²) in [5.74, 6) is -0.336. The lowest BCUT2D eigenvalue weighted by molar-refractivity contribution is 0.256. The van der Waals surface area contributed by atoms with Gasteiger partial charge in [0.05, 0.1) is 11.9 Å². The van der Waals surface area contributed by atoms with Crippen LogP contribution in [0.15, 0.2) is 67.0 Å². The average Bonchev–Trinajstić information content (AvgIpc) is 3.04. The first-order chi connectivity index (χ1) is 12.6. The molecule has 0 atom stereocenters. The van der Waals surface area contributed by atoms with Crippen LogP contribution in [0.3, 0.4) is 0 Å². The predicted octanol–water partition coefficient (Wildman–Crippen LogP) is 4.64. The molecule has 0 unspecified atom stereocenters. The van der Waals surface area contributed by atoms with Gasteiger partial charge in [-0.05, 0) is 42.3 Å². The molecular formula is C21H18FN3O. The first-order valence-corrected chi connectivity index (χ1v) is 8.50. The molecule has 0 bridgehead atoms. The van der Waals surface area contributed by atoms with Crippen molar-refractivity contribution in [2.24, 2.45) is 0 Å². The Morgan fingerprint density at radius 3 is 2.50 bits per heavy atom. The Hall–Kier alpha value is -3.21. The average molecular weight is 347 g/mol. The summed E-state index contributed by atoms with van der Waals surface area (Å²) in [7, 11) is 0. The maximum Gasteiger partial charge on any atom is 0.329 e. The molecule has 0 aliphatic carbocycles. The van der Waals surface area contributed by atoms with E-state index in [9.17, 15) is 9.18 Å². The fourth-order valence-corrected chi connectivity index (χ4v) is 3.26. The highest BCUT2D eigenvalue weighted by Crippen LogP contribution is 2.30. The quantitative estimate of drug-likeness (QED) is 0.692. The zero-order valence-corrected chi connectivity index (χ0v) is 14.4. The number of carbonyl (C=O) groups excluding carboxylic acids is 1. The van der Waals surface area contributed by atoms with E-state index >= 15 is 0 Å². The highest BCUT2D eigenvalue weighted by molar-refractivity contribution is 6.06. The summed E-state index contributed by atoms with van der Waals surface area (Å²) in [4.78, 5) is 20.2. The van der Waals surface area contributed by atoms with E-state index in [2.05, 4.69) is 4.98 Å². The Kier molecular flexibility index (Phi) is 4.13. The maximum absolute atomic E-state index is 14.6. The number of hydrogen-bond donors (Lipinski definition) is 0. The monoisotopic (exact) mass is 347 g/mol. The Labute approximate surface area is 151 Å². The van der Waals surface area contributed by atoms with Crippen molar-refractivity contribution < 1.29 is 9.18 Å². The molecule has 1 aliphatic rings. The van der Waals surface area contributed by atoms with Gasteiger partial charge in [-0.1, -0.05) is 30.3 Å². The first kappa shape index (κ1) is 16.3. The summed E-state index contributed by atoms with van der Waals surface area (Å²) >= 11 is 0. The Morgan fingerprint density at radius 2 is 1.77 bits per heavy atom. The van der Waals surface area contributed by atoms with Crippen LogP contribution >= 0.6 is 0 Å². The van der Waals surface area contributed by atoms with E-state index in [0.29, 0.717) is 24.3 Å². The first-order valence-electron chi connectivity index (χ1n) is 8.50. The predicted molar refractivity (Wildman–Crippen MR) is 101 cm³/mol. The van der Waals surface area contributed by atoms with Crippen LogP contribution in [0.1, 0.15) is 5.56 Å². The lowest BCUT2D eigenvalue weighted by Gasteiger charge is -2.20. The van der Waals surface area contributed by atoms with Crippen LogP contribution in [-0.4, -0.2) is 24.1 Å². The summed E-state index contributed by atoms with van der Waals surface area (Å²) < 4.78 is 14.6. The van der Waals surface area contributed by atoms with E-state index in [1.807, 2.05) is 43.3 Å². The van der Waals surface area contributed by atoms with Gasteiger partial charge in [0.25, 0.3) is 0 Å². The number of aryl methyl sites for hydroxylation is 1. The molecule has 0 saturated carbocycles. The van der Waals surface area contributed by atoms with Crippen LogP contribution < -0.4 is 9.80 Å². The molecule has 4 nitrogen and oxygen atoms in total. The largest absolute Gasteiger partial charge is 0.329 e. The van der Waals surface area contributed by atoms with Crippen molar-refractivity contribution in [2.45, 2.75) is 6.92 Å². The molecule has 1 aromatic heterocycles. The zero-order valence-electron chi connectivity index (χ0n) is 14.4. The van der Waals surface area contributed by atoms with Crippen LogP contribution in [0.5, 0.6) is 0 Å². The lowest BCUT2D eigenvalue weighted by Crippen LogP contribution is -2.32. The number of pyridine rings is 1. The third-order valence-electron chi connectivity index (χ3n) is 4.66. The molecule has 2 amide bonds. The summed E-state index contributed by atoms with van der Waals surface area (Å²) in [6, 6.07) is 16.0. The molecule has 0 N–H and O–H groups in total. The molecule has 1 saturated heterocycles. The fourth-order valence-electron chi connectivity index (χ4n) is 3.26. The van der Waals surface area contributed by atoms with Crippen molar-refractivity contribution in [1.82, 2.24) is 4.98 Å². The third kappa shape index (κ3) is 2.81. The summed E-state index contributed by atoms with van der Waals surface area (Å²) in [5, 5.41) is 0. The minimum Gasteiger partial charge on any atom is -0.292 e. The van der Waals surface area contributed by atoms with Gasteiger partial charge >= 0.3 is 6.03 Å². The third-order valence-corrected chi connectivity index (χ3v) is 4.66. The lowest BCUT2D eigenvalue weighted by atomic mass is 10.0. The Balaban J connectivity index is 1.62. The van der Waals surface area contributed by atoms with E-state index in [-0.39, 0.29) is 11.8 Å². The van der Waals surface area contributed by atoms with Gasteiger partial charge in [0.15, 0.2) is 0 Å². The molecule has 26 heavy (non-hydrogen) atoms. The van der Waals surface area contributed by atoms with Crippen LogP contribution in [0.4, 0.5) is 20.6 Å². The van der Waals surface area contributed by atoms with Crippen LogP contribution in [0, 0.1) is 12.7 Å². The molecule has 2 heterocycles. The molecule has 0 radical (unpaired) electrons. The molecular weight excluding hydrogens is 329 g/mol. The van der Waals surface area contributed by atoms with Crippen molar-refractivity contribution >= 4 is 17.4 Å². The van der Waals surface area contributed by atoms with Crippen molar-refractivity contribution in [3.63, 3.8) is 0 Å². The van der Waals surface area contributed by atoms with Gasteiger partial charge in [0.2, 0.25) is 0 Å². The highest BCUT2D eigenvalue weighted by atomic mass is 19.1. The summed E-state index contributed by atoms with van der Waals surface area (Å²) in [6.07, 6.45) is 3.39. The van der Waals surface area contributed by atoms with Gasteiger partial charge in [-0.2, -0.15) is 0 Å². The molecule has 1 fully saturated rings. The molecule has 130 valence electrons. The van der Waals surface area contributed by atoms with E-state index in [1.165, 1.54) is 6.07 Å². The minimum atomic E-state index is -0.336. The SMILES string of the molecule is Cc1ccncc1N1CCN(c2ccc(-c3ccccc3)c(F)c2)C1=O. The van der Waals surface area contributed by atoms with Gasteiger partial charge < -0.3 is 0 Å². The number of amides is 2. The van der Waals surface area contributed by atoms with Crippen LogP contribution in [0.2, 0.25) is 0 Å². The number of halogens is 1. The molecule has 1 aliphatic heterocycles. The number of hydrogen-bond acceptors (Lipinski definition) is 2. The van der Waals surface area contributed by atoms with Crippen molar-refractivity contribution in [1.29, 1.82) is 0 Å². The van der Waals surface area contributed by atoms with Gasteiger partial charge in [0.1, 0.15) is 5.82 Å². The van der Waals surface area contributed by atoms with E-state index in [4.69, 9.17) is 0 Å². The van der Waals surface area contributed by atoms with Crippen LogP contribution in [0.25, 0.3) is 11.1 Å². The number of benzene rings is 2. The molecule has 0 spiro atoms. The summed E-state index contributed by atoms with van der Waals surface area (Å²) in [6.45, 7) is 3.01. The van der Waals surface area contributed by atoms with Crippen LogP contribution in [-0.2, 0) is 0 Å². The van der Waals surface area contributed by atoms with Crippen molar-refractivity contribution in [3.8, 4) is 11.1 Å². The maximum atomic E-state index is 14.6. The number of carbonyl (C=O) groups is 1. The highest BCUT2D eigenvalue weighted by Gasteiger charge is 2.31. The van der Waals surface area contributed by atoms with E-state index in [1.54, 1.807) is 34.3 Å². The number of rotatable bonds is 3. The second-order valence-corrected chi connectivity index (χ2v) is 6.28. The molecule has 2 aromatic carbocycles. The Bertz CT molecular complexity index is 958. The molecule has 4 rings (SSSR count). The van der Waals surface area contributed by atoms with Crippen molar-refractivity contribution in [2.75, 3.05) is 22.9 Å². The topological polar surface area (TPSA) is 36.4 Å². The van der Waals surface area contributed by atoms with Gasteiger partial charge in [-0.3, -0.25) is 14.8 Å². The van der Waals surface area contributed by atoms with E-state index < -0.39 is 0 Å². The number of anilines is 2.